The minimum Gasteiger partial charge on any atom is -0.444 e. The summed E-state index contributed by atoms with van der Waals surface area (Å²) in [7, 11) is 0. The highest BCUT2D eigenvalue weighted by Gasteiger charge is 2.38. The number of carbonyl (C=O) groups is 3. The van der Waals surface area contributed by atoms with Crippen LogP contribution in [0, 0.1) is 26.7 Å². The number of hydrogen-bond donors (Lipinski definition) is 2. The number of aryl methyl sites for hydroxylation is 2. The van der Waals surface area contributed by atoms with Crippen LogP contribution in [-0.2, 0) is 14.3 Å². The summed E-state index contributed by atoms with van der Waals surface area (Å²) in [6.07, 6.45) is 0.858. The van der Waals surface area contributed by atoms with Crippen LogP contribution in [-0.4, -0.2) is 41.0 Å². The van der Waals surface area contributed by atoms with E-state index in [9.17, 15) is 14.4 Å². The molecule has 2 atom stereocenters. The van der Waals surface area contributed by atoms with E-state index in [2.05, 4.69) is 17.2 Å². The first-order valence-corrected chi connectivity index (χ1v) is 13.1. The van der Waals surface area contributed by atoms with Gasteiger partial charge in [-0.05, 0) is 75.8 Å². The fraction of sp³-hybridized carbons (Fsp3) is 0.433. The average Bonchev–Trinajstić information content (AvgIpc) is 2.80. The molecule has 0 aliphatic heterocycles. The lowest BCUT2D eigenvalue weighted by atomic mass is 9.94. The summed E-state index contributed by atoms with van der Waals surface area (Å²) in [5, 5.41) is 6.05. The van der Waals surface area contributed by atoms with Gasteiger partial charge in [-0.15, -0.1) is 6.58 Å². The van der Waals surface area contributed by atoms with Gasteiger partial charge in [0, 0.05) is 6.54 Å². The topological polar surface area (TPSA) is 87.7 Å². The standard InChI is InChI=1S/C30H40ClN3O4/c1-10-17-34(28(36)24(18(2)3)33-29(37)38-30(7,8)9)26(22-15-11-13-19(4)21(22)6)27(35)32-25-20(5)14-12-16-23(25)31/h10-16,18,24,26H,1,17H2,2-9H3,(H,32,35)(H,33,37). The number of nitrogens with one attached hydrogen (secondary N) is 2. The first kappa shape index (κ1) is 30.9. The normalized spacial score (nSPS) is 12.9. The van der Waals surface area contributed by atoms with Crippen molar-refractivity contribution in [3.8, 4) is 0 Å². The Hall–Kier alpha value is -3.32. The number of ether oxygens (including phenoxy) is 1. The maximum absolute atomic E-state index is 14.1. The number of halogens is 1. The molecule has 0 fully saturated rings. The van der Waals surface area contributed by atoms with Crippen LogP contribution in [0.5, 0.6) is 0 Å². The molecule has 38 heavy (non-hydrogen) atoms. The molecule has 0 aliphatic rings. The molecule has 0 saturated heterocycles. The summed E-state index contributed by atoms with van der Waals surface area (Å²) < 4.78 is 5.41. The Kier molecular flexibility index (Phi) is 10.5. The SMILES string of the molecule is C=CCN(C(=O)C(NC(=O)OC(C)(C)C)C(C)C)C(C(=O)Nc1c(C)cccc1Cl)c1cccc(C)c1C. The Balaban J connectivity index is 2.60. The fourth-order valence-electron chi connectivity index (χ4n) is 4.09. The summed E-state index contributed by atoms with van der Waals surface area (Å²) in [6.45, 7) is 18.5. The maximum atomic E-state index is 14.1. The molecule has 0 heterocycles. The molecule has 2 N–H and O–H groups in total. The smallest absolute Gasteiger partial charge is 0.408 e. The number of alkyl carbamates (subject to hydrolysis) is 1. The Morgan fingerprint density at radius 2 is 1.66 bits per heavy atom. The van der Waals surface area contributed by atoms with Crippen molar-refractivity contribution in [1.82, 2.24) is 10.2 Å². The second-order valence-corrected chi connectivity index (χ2v) is 11.2. The number of carbonyl (C=O) groups excluding carboxylic acids is 3. The Morgan fingerprint density at radius 3 is 2.21 bits per heavy atom. The Labute approximate surface area is 231 Å². The van der Waals surface area contributed by atoms with Crippen molar-refractivity contribution >= 4 is 35.2 Å². The van der Waals surface area contributed by atoms with E-state index in [4.69, 9.17) is 16.3 Å². The predicted octanol–water partition coefficient (Wildman–Crippen LogP) is 6.51. The van der Waals surface area contributed by atoms with E-state index in [1.807, 2.05) is 58.9 Å². The van der Waals surface area contributed by atoms with Crippen molar-refractivity contribution in [2.45, 2.75) is 73.1 Å². The minimum atomic E-state index is -1.02. The molecule has 2 aromatic rings. The molecule has 0 spiro atoms. The van der Waals surface area contributed by atoms with Crippen molar-refractivity contribution in [2.75, 3.05) is 11.9 Å². The molecule has 8 heteroatoms. The zero-order valence-corrected chi connectivity index (χ0v) is 24.4. The van der Waals surface area contributed by atoms with Gasteiger partial charge < -0.3 is 20.3 Å². The summed E-state index contributed by atoms with van der Waals surface area (Å²) in [5.41, 5.74) is 3.07. The van der Waals surface area contributed by atoms with Crippen LogP contribution in [0.3, 0.4) is 0 Å². The molecule has 3 amide bonds. The van der Waals surface area contributed by atoms with Crippen LogP contribution in [0.2, 0.25) is 5.02 Å². The van der Waals surface area contributed by atoms with Crippen LogP contribution in [0.15, 0.2) is 49.1 Å². The van der Waals surface area contributed by atoms with Crippen LogP contribution in [0.25, 0.3) is 0 Å². The molecule has 2 rings (SSSR count). The number of amides is 3. The van der Waals surface area contributed by atoms with E-state index in [1.165, 1.54) is 4.90 Å². The first-order valence-electron chi connectivity index (χ1n) is 12.7. The summed E-state index contributed by atoms with van der Waals surface area (Å²) >= 11 is 6.41. The van der Waals surface area contributed by atoms with Gasteiger partial charge in [0.25, 0.3) is 5.91 Å². The highest BCUT2D eigenvalue weighted by molar-refractivity contribution is 6.34. The third-order valence-corrected chi connectivity index (χ3v) is 6.50. The molecule has 0 radical (unpaired) electrons. The third-order valence-electron chi connectivity index (χ3n) is 6.19. The number of nitrogens with zero attached hydrogens (tertiary/aromatic N) is 1. The summed E-state index contributed by atoms with van der Waals surface area (Å²) in [5.74, 6) is -1.14. The largest absolute Gasteiger partial charge is 0.444 e. The molecule has 0 aromatic heterocycles. The zero-order chi connectivity index (χ0) is 28.8. The van der Waals surface area contributed by atoms with E-state index in [0.717, 1.165) is 16.7 Å². The monoisotopic (exact) mass is 541 g/mol. The molecular formula is C30H40ClN3O4. The molecular weight excluding hydrogens is 502 g/mol. The molecule has 7 nitrogen and oxygen atoms in total. The number of hydrogen-bond acceptors (Lipinski definition) is 4. The fourth-order valence-corrected chi connectivity index (χ4v) is 4.36. The van der Waals surface area contributed by atoms with Gasteiger partial charge in [-0.1, -0.05) is 61.9 Å². The summed E-state index contributed by atoms with van der Waals surface area (Å²) in [6, 6.07) is 9.04. The van der Waals surface area contributed by atoms with Crippen molar-refractivity contribution in [3.63, 3.8) is 0 Å². The highest BCUT2D eigenvalue weighted by atomic mass is 35.5. The second-order valence-electron chi connectivity index (χ2n) is 10.8. The highest BCUT2D eigenvalue weighted by Crippen LogP contribution is 2.31. The lowest BCUT2D eigenvalue weighted by Gasteiger charge is -2.35. The van der Waals surface area contributed by atoms with Gasteiger partial charge >= 0.3 is 6.09 Å². The predicted molar refractivity (Wildman–Crippen MR) is 153 cm³/mol. The molecule has 0 bridgehead atoms. The number of para-hydroxylation sites is 1. The molecule has 2 unspecified atom stereocenters. The van der Waals surface area contributed by atoms with Gasteiger partial charge in [-0.3, -0.25) is 9.59 Å². The van der Waals surface area contributed by atoms with Crippen LogP contribution < -0.4 is 10.6 Å². The van der Waals surface area contributed by atoms with Gasteiger partial charge in [0.15, 0.2) is 0 Å². The van der Waals surface area contributed by atoms with Gasteiger partial charge in [-0.25, -0.2) is 4.79 Å². The molecule has 2 aromatic carbocycles. The van der Waals surface area contributed by atoms with Crippen molar-refractivity contribution in [3.05, 3.63) is 76.3 Å². The number of benzene rings is 2. The lowest BCUT2D eigenvalue weighted by Crippen LogP contribution is -2.54. The van der Waals surface area contributed by atoms with Crippen molar-refractivity contribution in [2.24, 2.45) is 5.92 Å². The van der Waals surface area contributed by atoms with Gasteiger partial charge in [-0.2, -0.15) is 0 Å². The van der Waals surface area contributed by atoms with Gasteiger partial charge in [0.05, 0.1) is 10.7 Å². The minimum absolute atomic E-state index is 0.0744. The van der Waals surface area contributed by atoms with E-state index < -0.39 is 35.6 Å². The first-order chi connectivity index (χ1) is 17.7. The van der Waals surface area contributed by atoms with E-state index in [0.29, 0.717) is 16.3 Å². The van der Waals surface area contributed by atoms with Crippen LogP contribution >= 0.6 is 11.6 Å². The van der Waals surface area contributed by atoms with Gasteiger partial charge in [0.2, 0.25) is 5.91 Å². The van der Waals surface area contributed by atoms with Crippen LogP contribution in [0.4, 0.5) is 10.5 Å². The van der Waals surface area contributed by atoms with Crippen molar-refractivity contribution in [1.29, 1.82) is 0 Å². The maximum Gasteiger partial charge on any atom is 0.408 e. The molecule has 206 valence electrons. The average molecular weight is 542 g/mol. The van der Waals surface area contributed by atoms with Gasteiger partial charge in [0.1, 0.15) is 17.7 Å². The lowest BCUT2D eigenvalue weighted by molar-refractivity contribution is -0.141. The Morgan fingerprint density at radius 1 is 1.05 bits per heavy atom. The van der Waals surface area contributed by atoms with E-state index in [-0.39, 0.29) is 12.5 Å². The van der Waals surface area contributed by atoms with Crippen LogP contribution in [0.1, 0.15) is 62.9 Å². The summed E-state index contributed by atoms with van der Waals surface area (Å²) in [4.78, 5) is 42.1. The Bertz CT molecular complexity index is 1170. The van der Waals surface area contributed by atoms with E-state index in [1.54, 1.807) is 39.0 Å². The molecule has 0 aliphatic carbocycles. The third kappa shape index (κ3) is 7.84. The number of rotatable bonds is 9. The quantitative estimate of drug-likeness (QED) is 0.354. The molecule has 0 saturated carbocycles. The number of anilines is 1. The second kappa shape index (κ2) is 13.0. The zero-order valence-electron chi connectivity index (χ0n) is 23.6. The van der Waals surface area contributed by atoms with E-state index >= 15 is 0 Å². The van der Waals surface area contributed by atoms with Crippen molar-refractivity contribution < 1.29 is 19.1 Å².